The molecule has 1 aromatic carbocycles. The Morgan fingerprint density at radius 1 is 1.47 bits per heavy atom. The zero-order valence-corrected chi connectivity index (χ0v) is 12.1. The Morgan fingerprint density at radius 3 is 2.89 bits per heavy atom. The van der Waals surface area contributed by atoms with E-state index in [0.29, 0.717) is 22.9 Å². The Morgan fingerprint density at radius 2 is 2.26 bits per heavy atom. The fourth-order valence-corrected chi connectivity index (χ4v) is 3.34. The zero-order chi connectivity index (χ0) is 13.8. The Bertz CT molecular complexity index is 425. The molecule has 3 atom stereocenters. The van der Waals surface area contributed by atoms with E-state index in [9.17, 15) is 4.39 Å². The Labute approximate surface area is 119 Å². The third-order valence-electron chi connectivity index (χ3n) is 4.39. The van der Waals surface area contributed by atoms with Crippen LogP contribution in [0.5, 0.6) is 0 Å². The van der Waals surface area contributed by atoms with Crippen LogP contribution in [0.1, 0.15) is 38.2 Å². The minimum atomic E-state index is -0.199. The minimum Gasteiger partial charge on any atom is -0.271 e. The van der Waals surface area contributed by atoms with Crippen LogP contribution in [0.2, 0.25) is 5.02 Å². The molecule has 0 amide bonds. The van der Waals surface area contributed by atoms with Crippen molar-refractivity contribution in [2.24, 2.45) is 17.7 Å². The molecular formula is C15H22ClFN2. The summed E-state index contributed by atoms with van der Waals surface area (Å²) in [6.45, 7) is 2.23. The van der Waals surface area contributed by atoms with Gasteiger partial charge in [-0.15, -0.1) is 0 Å². The van der Waals surface area contributed by atoms with E-state index < -0.39 is 0 Å². The summed E-state index contributed by atoms with van der Waals surface area (Å²) < 4.78 is 13.8. The van der Waals surface area contributed by atoms with Crippen LogP contribution in [-0.2, 0) is 6.42 Å². The van der Waals surface area contributed by atoms with E-state index in [4.69, 9.17) is 17.4 Å². The number of nitrogens with two attached hydrogens (primary N) is 1. The zero-order valence-electron chi connectivity index (χ0n) is 11.3. The number of hydrogen-bond donors (Lipinski definition) is 2. The Hall–Kier alpha value is -0.640. The number of hydrazine groups is 1. The lowest BCUT2D eigenvalue weighted by molar-refractivity contribution is 0.345. The molecule has 1 saturated carbocycles. The fourth-order valence-electron chi connectivity index (χ4n) is 3.15. The van der Waals surface area contributed by atoms with Gasteiger partial charge in [0.25, 0.3) is 0 Å². The van der Waals surface area contributed by atoms with Crippen molar-refractivity contribution in [1.29, 1.82) is 0 Å². The molecule has 4 heteroatoms. The molecule has 19 heavy (non-hydrogen) atoms. The predicted molar refractivity (Wildman–Crippen MR) is 77.3 cm³/mol. The number of hydrogen-bond acceptors (Lipinski definition) is 2. The van der Waals surface area contributed by atoms with Gasteiger partial charge in [-0.25, -0.2) is 4.39 Å². The highest BCUT2D eigenvalue weighted by molar-refractivity contribution is 6.30. The molecule has 2 nitrogen and oxygen atoms in total. The van der Waals surface area contributed by atoms with Crippen molar-refractivity contribution in [2.45, 2.75) is 45.1 Å². The summed E-state index contributed by atoms with van der Waals surface area (Å²) in [6.07, 6.45) is 5.45. The largest absolute Gasteiger partial charge is 0.271 e. The predicted octanol–water partition coefficient (Wildman–Crippen LogP) is 3.68. The number of rotatable bonds is 5. The Balaban J connectivity index is 2.05. The van der Waals surface area contributed by atoms with Crippen LogP contribution in [0.4, 0.5) is 4.39 Å². The topological polar surface area (TPSA) is 38.0 Å². The average molecular weight is 285 g/mol. The maximum absolute atomic E-state index is 13.8. The molecule has 0 saturated heterocycles. The fraction of sp³-hybridized carbons (Fsp3) is 0.600. The highest BCUT2D eigenvalue weighted by atomic mass is 35.5. The van der Waals surface area contributed by atoms with Crippen molar-refractivity contribution in [3.8, 4) is 0 Å². The van der Waals surface area contributed by atoms with E-state index in [-0.39, 0.29) is 11.9 Å². The first-order chi connectivity index (χ1) is 9.13. The first-order valence-electron chi connectivity index (χ1n) is 7.04. The van der Waals surface area contributed by atoms with Gasteiger partial charge < -0.3 is 0 Å². The summed E-state index contributed by atoms with van der Waals surface area (Å²) in [5.41, 5.74) is 3.52. The molecule has 0 spiro atoms. The van der Waals surface area contributed by atoms with Crippen LogP contribution >= 0.6 is 11.6 Å². The third-order valence-corrected chi connectivity index (χ3v) is 4.62. The van der Waals surface area contributed by atoms with Gasteiger partial charge in [0.1, 0.15) is 5.82 Å². The SMILES string of the molecule is CCC1CCC(C(Cc2cc(Cl)ccc2F)NN)C1. The molecule has 0 radical (unpaired) electrons. The van der Waals surface area contributed by atoms with E-state index in [1.165, 1.54) is 31.7 Å². The second-order valence-corrected chi connectivity index (χ2v) is 6.00. The summed E-state index contributed by atoms with van der Waals surface area (Å²) >= 11 is 5.93. The van der Waals surface area contributed by atoms with E-state index in [0.717, 1.165) is 5.92 Å². The second-order valence-electron chi connectivity index (χ2n) is 5.56. The van der Waals surface area contributed by atoms with Crippen molar-refractivity contribution >= 4 is 11.6 Å². The summed E-state index contributed by atoms with van der Waals surface area (Å²) in [6, 6.07) is 4.83. The van der Waals surface area contributed by atoms with Crippen molar-refractivity contribution in [2.75, 3.05) is 0 Å². The maximum Gasteiger partial charge on any atom is 0.126 e. The van der Waals surface area contributed by atoms with Crippen LogP contribution < -0.4 is 11.3 Å². The van der Waals surface area contributed by atoms with Gasteiger partial charge in [0, 0.05) is 11.1 Å². The first-order valence-corrected chi connectivity index (χ1v) is 7.41. The molecule has 1 aliphatic rings. The maximum atomic E-state index is 13.8. The van der Waals surface area contributed by atoms with Gasteiger partial charge >= 0.3 is 0 Å². The van der Waals surface area contributed by atoms with Crippen molar-refractivity contribution in [1.82, 2.24) is 5.43 Å². The monoisotopic (exact) mass is 284 g/mol. The Kier molecular flexibility index (Phi) is 5.20. The molecule has 2 rings (SSSR count). The number of nitrogens with one attached hydrogen (secondary N) is 1. The van der Waals surface area contributed by atoms with Gasteiger partial charge in [-0.2, -0.15) is 0 Å². The molecule has 0 heterocycles. The lowest BCUT2D eigenvalue weighted by atomic mass is 9.91. The molecule has 1 aromatic rings. The summed E-state index contributed by atoms with van der Waals surface area (Å²) in [5.74, 6) is 6.80. The standard InChI is InChI=1S/C15H22ClFN2/c1-2-10-3-4-11(7-10)15(19-18)9-12-8-13(16)5-6-14(12)17/h5-6,8,10-11,15,19H,2-4,7,9,18H2,1H3. The van der Waals surface area contributed by atoms with E-state index in [1.54, 1.807) is 12.1 Å². The van der Waals surface area contributed by atoms with E-state index in [2.05, 4.69) is 12.3 Å². The number of halogens is 2. The van der Waals surface area contributed by atoms with E-state index in [1.807, 2.05) is 0 Å². The van der Waals surface area contributed by atoms with Gasteiger partial charge in [0.2, 0.25) is 0 Å². The molecule has 1 aliphatic carbocycles. The highest BCUT2D eigenvalue weighted by Gasteiger charge is 2.30. The van der Waals surface area contributed by atoms with Crippen LogP contribution in [0.25, 0.3) is 0 Å². The molecule has 1 fully saturated rings. The van der Waals surface area contributed by atoms with Crippen LogP contribution in [-0.4, -0.2) is 6.04 Å². The molecule has 106 valence electrons. The minimum absolute atomic E-state index is 0.129. The summed E-state index contributed by atoms with van der Waals surface area (Å²) in [4.78, 5) is 0. The molecule has 0 aromatic heterocycles. The summed E-state index contributed by atoms with van der Waals surface area (Å²) in [5, 5.41) is 0.574. The first kappa shape index (κ1) is 14.8. The van der Waals surface area contributed by atoms with Crippen molar-refractivity contribution in [3.63, 3.8) is 0 Å². The second kappa shape index (κ2) is 6.69. The molecule has 3 N–H and O–H groups in total. The van der Waals surface area contributed by atoms with Gasteiger partial charge in [-0.3, -0.25) is 11.3 Å². The van der Waals surface area contributed by atoms with Gasteiger partial charge in [0.15, 0.2) is 0 Å². The van der Waals surface area contributed by atoms with Gasteiger partial charge in [-0.05, 0) is 54.9 Å². The van der Waals surface area contributed by atoms with Crippen LogP contribution in [0, 0.1) is 17.7 Å². The van der Waals surface area contributed by atoms with E-state index >= 15 is 0 Å². The van der Waals surface area contributed by atoms with Crippen LogP contribution in [0.15, 0.2) is 18.2 Å². The quantitative estimate of drug-likeness (QED) is 0.639. The lowest BCUT2D eigenvalue weighted by Gasteiger charge is -2.23. The normalized spacial score (nSPS) is 24.6. The smallest absolute Gasteiger partial charge is 0.126 e. The van der Waals surface area contributed by atoms with Gasteiger partial charge in [-0.1, -0.05) is 31.4 Å². The number of benzene rings is 1. The molecular weight excluding hydrogens is 263 g/mol. The van der Waals surface area contributed by atoms with Crippen molar-refractivity contribution < 1.29 is 4.39 Å². The highest BCUT2D eigenvalue weighted by Crippen LogP contribution is 2.35. The van der Waals surface area contributed by atoms with Gasteiger partial charge in [0.05, 0.1) is 0 Å². The van der Waals surface area contributed by atoms with Crippen LogP contribution in [0.3, 0.4) is 0 Å². The average Bonchev–Trinajstić information content (AvgIpc) is 2.88. The van der Waals surface area contributed by atoms with Crippen molar-refractivity contribution in [3.05, 3.63) is 34.6 Å². The molecule has 0 aliphatic heterocycles. The lowest BCUT2D eigenvalue weighted by Crippen LogP contribution is -2.42. The summed E-state index contributed by atoms with van der Waals surface area (Å²) in [7, 11) is 0. The third kappa shape index (κ3) is 3.68. The molecule has 0 bridgehead atoms. The molecule has 3 unspecified atom stereocenters.